The summed E-state index contributed by atoms with van der Waals surface area (Å²) < 4.78 is 26.9. The van der Waals surface area contributed by atoms with Crippen LogP contribution in [0.3, 0.4) is 0 Å². The largest absolute Gasteiger partial charge is 0.325 e. The molecule has 0 unspecified atom stereocenters. The van der Waals surface area contributed by atoms with Crippen LogP contribution in [0.25, 0.3) is 0 Å². The summed E-state index contributed by atoms with van der Waals surface area (Å²) in [6.45, 7) is 4.76. The Balaban J connectivity index is 1.59. The number of hydrogen-bond donors (Lipinski definition) is 1. The minimum atomic E-state index is -3.60. The van der Waals surface area contributed by atoms with E-state index in [-0.39, 0.29) is 10.8 Å². The first-order chi connectivity index (χ1) is 13.8. The average Bonchev–Trinajstić information content (AvgIpc) is 2.69. The van der Waals surface area contributed by atoms with E-state index < -0.39 is 10.0 Å². The number of nitrogens with one attached hydrogen (secondary N) is 1. The average molecular weight is 416 g/mol. The number of amides is 1. The van der Waals surface area contributed by atoms with Crippen molar-refractivity contribution in [1.82, 2.24) is 9.21 Å². The van der Waals surface area contributed by atoms with Gasteiger partial charge in [0, 0.05) is 25.8 Å². The third-order valence-corrected chi connectivity index (χ3v) is 7.02. The van der Waals surface area contributed by atoms with Crippen LogP contribution in [0.4, 0.5) is 5.69 Å². The van der Waals surface area contributed by atoms with Gasteiger partial charge < -0.3 is 5.32 Å². The van der Waals surface area contributed by atoms with Crippen molar-refractivity contribution in [1.29, 1.82) is 0 Å². The zero-order valence-corrected chi connectivity index (χ0v) is 17.9. The molecule has 2 aromatic rings. The van der Waals surface area contributed by atoms with Crippen molar-refractivity contribution < 1.29 is 13.2 Å². The van der Waals surface area contributed by atoms with Gasteiger partial charge in [-0.05, 0) is 55.1 Å². The lowest BCUT2D eigenvalue weighted by Crippen LogP contribution is -2.39. The molecule has 1 fully saturated rings. The van der Waals surface area contributed by atoms with Gasteiger partial charge in [0.1, 0.15) is 0 Å². The highest BCUT2D eigenvalue weighted by Gasteiger charge is 2.21. The summed E-state index contributed by atoms with van der Waals surface area (Å²) in [4.78, 5) is 14.7. The first-order valence-electron chi connectivity index (χ1n) is 9.97. The molecule has 1 saturated heterocycles. The SMILES string of the molecule is C[C@H]1CCCN(CC(=O)Nc2ccc(S(=O)(=O)N(C)Cc3ccccc3)cc2)C1. The Bertz CT molecular complexity index is 914. The second kappa shape index (κ2) is 9.52. The fourth-order valence-corrected chi connectivity index (χ4v) is 4.81. The van der Waals surface area contributed by atoms with Crippen LogP contribution in [0.2, 0.25) is 0 Å². The first-order valence-corrected chi connectivity index (χ1v) is 11.4. The molecule has 7 heteroatoms. The summed E-state index contributed by atoms with van der Waals surface area (Å²) in [6, 6.07) is 15.8. The van der Waals surface area contributed by atoms with E-state index in [1.54, 1.807) is 19.2 Å². The van der Waals surface area contributed by atoms with E-state index in [1.165, 1.54) is 22.9 Å². The highest BCUT2D eigenvalue weighted by molar-refractivity contribution is 7.89. The molecule has 1 N–H and O–H groups in total. The molecule has 0 radical (unpaired) electrons. The molecule has 0 spiro atoms. The van der Waals surface area contributed by atoms with E-state index in [0.29, 0.717) is 24.7 Å². The molecule has 0 bridgehead atoms. The van der Waals surface area contributed by atoms with E-state index in [1.807, 2.05) is 30.3 Å². The van der Waals surface area contributed by atoms with Crippen molar-refractivity contribution in [2.45, 2.75) is 31.2 Å². The summed E-state index contributed by atoms with van der Waals surface area (Å²) >= 11 is 0. The molecule has 1 amide bonds. The zero-order chi connectivity index (χ0) is 20.9. The van der Waals surface area contributed by atoms with Crippen LogP contribution < -0.4 is 5.32 Å². The monoisotopic (exact) mass is 415 g/mol. The molecule has 1 aliphatic rings. The Hall–Kier alpha value is -2.22. The van der Waals surface area contributed by atoms with E-state index in [4.69, 9.17) is 0 Å². The Kier molecular flexibility index (Phi) is 7.05. The van der Waals surface area contributed by atoms with Crippen LogP contribution in [0.1, 0.15) is 25.3 Å². The molecule has 1 aliphatic heterocycles. The van der Waals surface area contributed by atoms with Gasteiger partial charge in [0.2, 0.25) is 15.9 Å². The fraction of sp³-hybridized carbons (Fsp3) is 0.409. The molecular formula is C22H29N3O3S. The van der Waals surface area contributed by atoms with Gasteiger partial charge >= 0.3 is 0 Å². The van der Waals surface area contributed by atoms with Crippen molar-refractivity contribution in [2.24, 2.45) is 5.92 Å². The van der Waals surface area contributed by atoms with Gasteiger partial charge in [-0.2, -0.15) is 4.31 Å². The Labute approximate surface area is 173 Å². The molecule has 156 valence electrons. The van der Waals surface area contributed by atoms with Gasteiger partial charge in [-0.25, -0.2) is 8.42 Å². The van der Waals surface area contributed by atoms with Gasteiger partial charge in [0.25, 0.3) is 0 Å². The van der Waals surface area contributed by atoms with E-state index in [2.05, 4.69) is 17.1 Å². The molecule has 1 atom stereocenters. The second-order valence-electron chi connectivity index (χ2n) is 7.80. The van der Waals surface area contributed by atoms with Crippen molar-refractivity contribution >= 4 is 21.6 Å². The van der Waals surface area contributed by atoms with E-state index in [9.17, 15) is 13.2 Å². The molecule has 1 heterocycles. The molecule has 6 nitrogen and oxygen atoms in total. The first kappa shape index (κ1) is 21.5. The number of rotatable bonds is 7. The standard InChI is InChI=1S/C22H29N3O3S/c1-18-7-6-14-25(15-18)17-22(26)23-20-10-12-21(13-11-20)29(27,28)24(2)16-19-8-4-3-5-9-19/h3-5,8-13,18H,6-7,14-17H2,1-2H3,(H,23,26)/t18-/m0/s1. The van der Waals surface area contributed by atoms with Gasteiger partial charge in [-0.3, -0.25) is 9.69 Å². The lowest BCUT2D eigenvalue weighted by molar-refractivity contribution is -0.117. The number of hydrogen-bond acceptors (Lipinski definition) is 4. The number of sulfonamides is 1. The van der Waals surface area contributed by atoms with Crippen molar-refractivity contribution in [3.05, 3.63) is 60.2 Å². The highest BCUT2D eigenvalue weighted by Crippen LogP contribution is 2.20. The van der Waals surface area contributed by atoms with Crippen LogP contribution in [-0.2, 0) is 21.4 Å². The summed E-state index contributed by atoms with van der Waals surface area (Å²) in [5, 5.41) is 2.86. The number of likely N-dealkylation sites (tertiary alicyclic amines) is 1. The lowest BCUT2D eigenvalue weighted by Gasteiger charge is -2.30. The Morgan fingerprint density at radius 3 is 2.48 bits per heavy atom. The van der Waals surface area contributed by atoms with Gasteiger partial charge in [0.05, 0.1) is 11.4 Å². The summed E-state index contributed by atoms with van der Waals surface area (Å²) in [6.07, 6.45) is 2.34. The molecule has 3 rings (SSSR count). The van der Waals surface area contributed by atoms with Crippen molar-refractivity contribution in [2.75, 3.05) is 32.0 Å². The maximum absolute atomic E-state index is 12.8. The molecule has 2 aromatic carbocycles. The maximum Gasteiger partial charge on any atom is 0.243 e. The van der Waals surface area contributed by atoms with E-state index >= 15 is 0 Å². The van der Waals surface area contributed by atoms with Crippen LogP contribution in [0.5, 0.6) is 0 Å². The number of benzene rings is 2. The summed E-state index contributed by atoms with van der Waals surface area (Å²) in [5.74, 6) is 0.546. The van der Waals surface area contributed by atoms with Crippen LogP contribution in [0.15, 0.2) is 59.5 Å². The molecule has 29 heavy (non-hydrogen) atoms. The van der Waals surface area contributed by atoms with Crippen LogP contribution in [0, 0.1) is 5.92 Å². The van der Waals surface area contributed by atoms with Gasteiger partial charge in [-0.15, -0.1) is 0 Å². The zero-order valence-electron chi connectivity index (χ0n) is 17.0. The predicted octanol–water partition coefficient (Wildman–Crippen LogP) is 3.18. The smallest absolute Gasteiger partial charge is 0.243 e. The minimum Gasteiger partial charge on any atom is -0.325 e. The van der Waals surface area contributed by atoms with Crippen LogP contribution in [-0.4, -0.2) is 50.2 Å². The number of nitrogens with zero attached hydrogens (tertiary/aromatic N) is 2. The third kappa shape index (κ3) is 5.88. The number of piperidine rings is 1. The summed E-state index contributed by atoms with van der Waals surface area (Å²) in [5.41, 5.74) is 1.53. The van der Waals surface area contributed by atoms with Gasteiger partial charge in [0.15, 0.2) is 0 Å². The normalized spacial score (nSPS) is 18.0. The predicted molar refractivity (Wildman–Crippen MR) is 115 cm³/mol. The number of carbonyl (C=O) groups is 1. The van der Waals surface area contributed by atoms with E-state index in [0.717, 1.165) is 25.1 Å². The number of carbonyl (C=O) groups excluding carboxylic acids is 1. The lowest BCUT2D eigenvalue weighted by atomic mass is 10.0. The molecule has 0 aromatic heterocycles. The van der Waals surface area contributed by atoms with Gasteiger partial charge in [-0.1, -0.05) is 37.3 Å². The Morgan fingerprint density at radius 2 is 1.83 bits per heavy atom. The minimum absolute atomic E-state index is 0.0732. The summed E-state index contributed by atoms with van der Waals surface area (Å²) in [7, 11) is -2.03. The number of anilines is 1. The Morgan fingerprint density at radius 1 is 1.14 bits per heavy atom. The molecule has 0 aliphatic carbocycles. The van der Waals surface area contributed by atoms with Crippen molar-refractivity contribution in [3.63, 3.8) is 0 Å². The molecular weight excluding hydrogens is 386 g/mol. The topological polar surface area (TPSA) is 69.7 Å². The second-order valence-corrected chi connectivity index (χ2v) is 9.85. The van der Waals surface area contributed by atoms with Crippen molar-refractivity contribution in [3.8, 4) is 0 Å². The quantitative estimate of drug-likeness (QED) is 0.754. The molecule has 0 saturated carbocycles. The maximum atomic E-state index is 12.8. The van der Waals surface area contributed by atoms with Crippen LogP contribution >= 0.6 is 0 Å². The fourth-order valence-electron chi connectivity index (χ4n) is 3.65. The third-order valence-electron chi connectivity index (χ3n) is 5.20. The highest BCUT2D eigenvalue weighted by atomic mass is 32.2.